The Kier molecular flexibility index (Phi) is 5.76. The molecule has 0 radical (unpaired) electrons. The van der Waals surface area contributed by atoms with E-state index < -0.39 is 10.0 Å². The molecule has 0 saturated carbocycles. The first-order valence-electron chi connectivity index (χ1n) is 8.46. The molecule has 3 N–H and O–H groups in total. The summed E-state index contributed by atoms with van der Waals surface area (Å²) in [4.78, 5) is 12.2. The number of rotatable bonds is 7. The van der Waals surface area contributed by atoms with Gasteiger partial charge in [0.25, 0.3) is 0 Å². The van der Waals surface area contributed by atoms with Gasteiger partial charge in [-0.2, -0.15) is 5.10 Å². The quantitative estimate of drug-likeness (QED) is 0.630. The molecule has 0 unspecified atom stereocenters. The van der Waals surface area contributed by atoms with E-state index in [-0.39, 0.29) is 22.9 Å². The molecule has 0 spiro atoms. The number of aryl methyl sites for hydroxylation is 1. The standard InChI is InChI=1S/C19H20N4O4S/c1-27-18-9-8-16(28(20,25)26)11-17(18)22-19(24)10-7-14-12-21-23(13-14)15-5-3-2-4-6-15/h2-6,8-9,11-13H,7,10H2,1H3,(H,22,24)(H2,20,25,26). The Morgan fingerprint density at radius 3 is 2.64 bits per heavy atom. The first-order valence-corrected chi connectivity index (χ1v) is 10.0. The Bertz CT molecular complexity index is 1080. The molecule has 0 aliphatic heterocycles. The molecule has 28 heavy (non-hydrogen) atoms. The lowest BCUT2D eigenvalue weighted by Gasteiger charge is -2.11. The van der Waals surface area contributed by atoms with E-state index in [0.29, 0.717) is 12.2 Å². The zero-order chi connectivity index (χ0) is 20.1. The maximum Gasteiger partial charge on any atom is 0.238 e. The van der Waals surface area contributed by atoms with Crippen molar-refractivity contribution in [2.24, 2.45) is 5.14 Å². The first-order chi connectivity index (χ1) is 13.4. The molecule has 8 nitrogen and oxygen atoms in total. The molecule has 0 atom stereocenters. The zero-order valence-corrected chi connectivity index (χ0v) is 16.0. The van der Waals surface area contributed by atoms with Crippen LogP contribution in [-0.4, -0.2) is 31.2 Å². The molecule has 0 fully saturated rings. The summed E-state index contributed by atoms with van der Waals surface area (Å²) >= 11 is 0. The fourth-order valence-electron chi connectivity index (χ4n) is 2.64. The van der Waals surface area contributed by atoms with E-state index in [9.17, 15) is 13.2 Å². The normalized spacial score (nSPS) is 11.2. The fraction of sp³-hybridized carbons (Fsp3) is 0.158. The van der Waals surface area contributed by atoms with Crippen LogP contribution in [0.15, 0.2) is 65.8 Å². The summed E-state index contributed by atoms with van der Waals surface area (Å²) < 4.78 is 29.9. The van der Waals surface area contributed by atoms with Gasteiger partial charge in [-0.15, -0.1) is 0 Å². The number of hydrogen-bond acceptors (Lipinski definition) is 5. The van der Waals surface area contributed by atoms with Gasteiger partial charge in [0.15, 0.2) is 0 Å². The number of carbonyl (C=O) groups is 1. The molecule has 1 aromatic heterocycles. The van der Waals surface area contributed by atoms with Crippen LogP contribution in [0.5, 0.6) is 5.75 Å². The van der Waals surface area contributed by atoms with E-state index in [1.54, 1.807) is 10.9 Å². The topological polar surface area (TPSA) is 116 Å². The number of nitrogens with one attached hydrogen (secondary N) is 1. The van der Waals surface area contributed by atoms with Gasteiger partial charge in [0.1, 0.15) is 5.75 Å². The molecule has 3 aromatic rings. The molecule has 0 saturated heterocycles. The molecule has 9 heteroatoms. The molecule has 0 aliphatic rings. The molecule has 0 aliphatic carbocycles. The van der Waals surface area contributed by atoms with Gasteiger partial charge in [0.05, 0.1) is 29.6 Å². The Labute approximate surface area is 163 Å². The molecule has 0 bridgehead atoms. The second-order valence-corrected chi connectivity index (χ2v) is 7.65. The number of methoxy groups -OCH3 is 1. The van der Waals surface area contributed by atoms with Gasteiger partial charge in [-0.05, 0) is 42.3 Å². The van der Waals surface area contributed by atoms with Crippen molar-refractivity contribution in [3.8, 4) is 11.4 Å². The number of ether oxygens (including phenoxy) is 1. The van der Waals surface area contributed by atoms with Crippen molar-refractivity contribution in [1.29, 1.82) is 0 Å². The van der Waals surface area contributed by atoms with E-state index in [1.807, 2.05) is 36.5 Å². The van der Waals surface area contributed by atoms with Crippen LogP contribution in [0.25, 0.3) is 5.69 Å². The second kappa shape index (κ2) is 8.24. The molecular formula is C19H20N4O4S. The lowest BCUT2D eigenvalue weighted by molar-refractivity contribution is -0.116. The molecule has 146 valence electrons. The average molecular weight is 400 g/mol. The average Bonchev–Trinajstić information content (AvgIpc) is 3.15. The molecule has 2 aromatic carbocycles. The zero-order valence-electron chi connectivity index (χ0n) is 15.2. The van der Waals surface area contributed by atoms with Gasteiger partial charge in [-0.3, -0.25) is 4.79 Å². The summed E-state index contributed by atoms with van der Waals surface area (Å²) in [5.41, 5.74) is 2.09. The third kappa shape index (κ3) is 4.76. The highest BCUT2D eigenvalue weighted by Gasteiger charge is 2.14. The smallest absolute Gasteiger partial charge is 0.238 e. The summed E-state index contributed by atoms with van der Waals surface area (Å²) in [6.07, 6.45) is 4.26. The van der Waals surface area contributed by atoms with Crippen molar-refractivity contribution in [2.75, 3.05) is 12.4 Å². The van der Waals surface area contributed by atoms with Gasteiger partial charge in [-0.25, -0.2) is 18.2 Å². The number of carbonyl (C=O) groups excluding carboxylic acids is 1. The minimum Gasteiger partial charge on any atom is -0.495 e. The summed E-state index contributed by atoms with van der Waals surface area (Å²) in [5.74, 6) is 0.0648. The summed E-state index contributed by atoms with van der Waals surface area (Å²) in [6, 6.07) is 13.7. The Morgan fingerprint density at radius 1 is 1.21 bits per heavy atom. The van der Waals surface area contributed by atoms with E-state index in [0.717, 1.165) is 11.3 Å². The minimum absolute atomic E-state index is 0.104. The predicted molar refractivity (Wildman–Crippen MR) is 105 cm³/mol. The number of nitrogens with two attached hydrogens (primary N) is 1. The fourth-order valence-corrected chi connectivity index (χ4v) is 3.18. The molecular weight excluding hydrogens is 380 g/mol. The summed E-state index contributed by atoms with van der Waals surface area (Å²) in [6.45, 7) is 0. The Hall–Kier alpha value is -3.17. The van der Waals surface area contributed by atoms with Crippen molar-refractivity contribution >= 4 is 21.6 Å². The number of amides is 1. The number of anilines is 1. The van der Waals surface area contributed by atoms with Crippen LogP contribution in [0.4, 0.5) is 5.69 Å². The lowest BCUT2D eigenvalue weighted by atomic mass is 10.2. The largest absolute Gasteiger partial charge is 0.495 e. The van der Waals surface area contributed by atoms with Crippen LogP contribution in [0.1, 0.15) is 12.0 Å². The highest BCUT2D eigenvalue weighted by atomic mass is 32.2. The molecule has 1 amide bonds. The van der Waals surface area contributed by atoms with Crippen molar-refractivity contribution in [2.45, 2.75) is 17.7 Å². The monoisotopic (exact) mass is 400 g/mol. The van der Waals surface area contributed by atoms with Crippen LogP contribution in [0, 0.1) is 0 Å². The predicted octanol–water partition coefficient (Wildman–Crippen LogP) is 2.10. The van der Waals surface area contributed by atoms with Crippen LogP contribution in [0.2, 0.25) is 0 Å². The van der Waals surface area contributed by atoms with Crippen molar-refractivity contribution in [3.05, 3.63) is 66.5 Å². The van der Waals surface area contributed by atoms with Crippen LogP contribution in [0.3, 0.4) is 0 Å². The number of nitrogens with zero attached hydrogens (tertiary/aromatic N) is 2. The SMILES string of the molecule is COc1ccc(S(N)(=O)=O)cc1NC(=O)CCc1cnn(-c2ccccc2)c1. The Morgan fingerprint density at radius 2 is 1.96 bits per heavy atom. The Balaban J connectivity index is 1.66. The first kappa shape index (κ1) is 19.6. The minimum atomic E-state index is -3.88. The number of primary sulfonamides is 1. The van der Waals surface area contributed by atoms with Crippen molar-refractivity contribution in [1.82, 2.24) is 9.78 Å². The number of sulfonamides is 1. The highest BCUT2D eigenvalue weighted by Crippen LogP contribution is 2.27. The number of aromatic nitrogens is 2. The third-order valence-corrected chi connectivity index (χ3v) is 4.98. The van der Waals surface area contributed by atoms with Crippen molar-refractivity contribution < 1.29 is 17.9 Å². The van der Waals surface area contributed by atoms with E-state index in [4.69, 9.17) is 9.88 Å². The van der Waals surface area contributed by atoms with E-state index in [1.165, 1.54) is 25.3 Å². The van der Waals surface area contributed by atoms with Crippen LogP contribution < -0.4 is 15.2 Å². The second-order valence-electron chi connectivity index (χ2n) is 6.08. The number of para-hydroxylation sites is 1. The van der Waals surface area contributed by atoms with E-state index in [2.05, 4.69) is 10.4 Å². The summed E-state index contributed by atoms with van der Waals surface area (Å²) in [7, 11) is -2.45. The maximum atomic E-state index is 12.3. The van der Waals surface area contributed by atoms with E-state index >= 15 is 0 Å². The summed E-state index contributed by atoms with van der Waals surface area (Å²) in [5, 5.41) is 12.1. The van der Waals surface area contributed by atoms with Crippen LogP contribution in [-0.2, 0) is 21.2 Å². The third-order valence-electron chi connectivity index (χ3n) is 4.07. The highest BCUT2D eigenvalue weighted by molar-refractivity contribution is 7.89. The van der Waals surface area contributed by atoms with Crippen molar-refractivity contribution in [3.63, 3.8) is 0 Å². The van der Waals surface area contributed by atoms with Gasteiger partial charge in [-0.1, -0.05) is 18.2 Å². The van der Waals surface area contributed by atoms with Gasteiger partial charge < -0.3 is 10.1 Å². The number of hydrogen-bond donors (Lipinski definition) is 2. The lowest BCUT2D eigenvalue weighted by Crippen LogP contribution is -2.15. The molecule has 3 rings (SSSR count). The van der Waals surface area contributed by atoms with Gasteiger partial charge >= 0.3 is 0 Å². The molecule has 1 heterocycles. The van der Waals surface area contributed by atoms with Crippen LogP contribution >= 0.6 is 0 Å². The maximum absolute atomic E-state index is 12.3. The van der Waals surface area contributed by atoms with Gasteiger partial charge in [0, 0.05) is 12.6 Å². The van der Waals surface area contributed by atoms with Gasteiger partial charge in [0.2, 0.25) is 15.9 Å². The number of benzene rings is 2.